The Bertz CT molecular complexity index is 1360. The molecule has 0 spiro atoms. The summed E-state index contributed by atoms with van der Waals surface area (Å²) in [4.78, 5) is 32.8. The highest BCUT2D eigenvalue weighted by Crippen LogP contribution is 2.30. The fourth-order valence-corrected chi connectivity index (χ4v) is 5.98. The third kappa shape index (κ3) is 11.2. The van der Waals surface area contributed by atoms with Crippen molar-refractivity contribution in [3.05, 3.63) is 80.5 Å². The standard InChI is InChI=1S/C26H32N4O2.C8H17N.CH5N.CH2O/c1-5-27-25-11-21(19-6-7-22(28-12-19)13-30-14-23(31)15-30)9-20(18(25)4)10-24-16(2)8-17(3)29-26(24)32;1-9(2)8-6-4-3-5-7-8;2*1-2/h6-9,11-12,23,27,31H,5,10,13-15H2,1-4H3,(H,29,32);8H,3-7H2,1-2H3;2H2,1H3;1H2. The van der Waals surface area contributed by atoms with Gasteiger partial charge in [0.2, 0.25) is 0 Å². The highest BCUT2D eigenvalue weighted by atomic mass is 16.3. The number of pyridine rings is 2. The predicted molar refractivity (Wildman–Crippen MR) is 187 cm³/mol. The van der Waals surface area contributed by atoms with Crippen molar-refractivity contribution in [1.82, 2.24) is 19.8 Å². The van der Waals surface area contributed by atoms with Crippen LogP contribution in [-0.4, -0.2) is 84.6 Å². The summed E-state index contributed by atoms with van der Waals surface area (Å²) in [6.45, 7) is 13.1. The first-order valence-electron chi connectivity index (χ1n) is 16.1. The Hall–Kier alpha value is -3.37. The number of nitrogens with zero attached hydrogens (tertiary/aromatic N) is 3. The zero-order chi connectivity index (χ0) is 33.5. The van der Waals surface area contributed by atoms with Crippen LogP contribution in [-0.2, 0) is 17.8 Å². The van der Waals surface area contributed by atoms with Gasteiger partial charge in [-0.1, -0.05) is 31.4 Å². The van der Waals surface area contributed by atoms with Crippen molar-refractivity contribution >= 4 is 12.5 Å². The number of H-pyrrole nitrogens is 1. The predicted octanol–water partition coefficient (Wildman–Crippen LogP) is 4.83. The van der Waals surface area contributed by atoms with Crippen molar-refractivity contribution in [3.63, 3.8) is 0 Å². The second kappa shape index (κ2) is 19.2. The largest absolute Gasteiger partial charge is 0.390 e. The first-order valence-corrected chi connectivity index (χ1v) is 16.1. The molecule has 1 aromatic carbocycles. The third-order valence-electron chi connectivity index (χ3n) is 8.53. The number of likely N-dealkylation sites (tertiary alicyclic amines) is 1. The quantitative estimate of drug-likeness (QED) is 0.282. The summed E-state index contributed by atoms with van der Waals surface area (Å²) in [7, 11) is 5.88. The Morgan fingerprint density at radius 3 is 2.22 bits per heavy atom. The first kappa shape index (κ1) is 37.8. The average molecular weight is 621 g/mol. The van der Waals surface area contributed by atoms with Crippen LogP contribution in [0.25, 0.3) is 11.1 Å². The van der Waals surface area contributed by atoms with Gasteiger partial charge < -0.3 is 30.8 Å². The molecule has 1 saturated heterocycles. The van der Waals surface area contributed by atoms with Crippen LogP contribution in [0.3, 0.4) is 0 Å². The molecule has 0 bridgehead atoms. The van der Waals surface area contributed by atoms with E-state index in [9.17, 15) is 9.90 Å². The Labute approximate surface area is 270 Å². The van der Waals surface area contributed by atoms with Crippen molar-refractivity contribution in [2.45, 2.75) is 84.9 Å². The van der Waals surface area contributed by atoms with Crippen LogP contribution >= 0.6 is 0 Å². The maximum atomic E-state index is 12.6. The van der Waals surface area contributed by atoms with Crippen LogP contribution in [0, 0.1) is 20.8 Å². The SMILES string of the molecule is C=O.CCNc1cc(-c2ccc(CN3CC(O)C3)nc2)cc(Cc2c(C)cc(C)[nH]c2=O)c1C.CN.CN(C)C1CCCCC1. The van der Waals surface area contributed by atoms with Gasteiger partial charge >= 0.3 is 0 Å². The molecule has 0 amide bonds. The van der Waals surface area contributed by atoms with E-state index in [4.69, 9.17) is 4.79 Å². The minimum atomic E-state index is -0.200. The molecule has 3 aromatic rings. The van der Waals surface area contributed by atoms with Crippen molar-refractivity contribution in [2.24, 2.45) is 5.73 Å². The van der Waals surface area contributed by atoms with Gasteiger partial charge in [-0.3, -0.25) is 14.7 Å². The van der Waals surface area contributed by atoms with Crippen molar-refractivity contribution in [2.75, 3.05) is 46.1 Å². The van der Waals surface area contributed by atoms with E-state index < -0.39 is 0 Å². The number of carbonyl (C=O) groups is 1. The molecule has 0 radical (unpaired) electrons. The Morgan fingerprint density at radius 2 is 1.71 bits per heavy atom. The van der Waals surface area contributed by atoms with E-state index in [2.05, 4.69) is 83.0 Å². The molecular formula is C36H56N6O3. The lowest BCUT2D eigenvalue weighted by molar-refractivity contribution is -0.0980. The number of aryl methyl sites for hydroxylation is 2. The van der Waals surface area contributed by atoms with Gasteiger partial charge in [0.25, 0.3) is 5.56 Å². The summed E-state index contributed by atoms with van der Waals surface area (Å²) in [5, 5.41) is 12.9. The highest BCUT2D eigenvalue weighted by molar-refractivity contribution is 5.71. The number of nitrogens with two attached hydrogens (primary N) is 1. The summed E-state index contributed by atoms with van der Waals surface area (Å²) in [6, 6.07) is 11.4. The van der Waals surface area contributed by atoms with Crippen molar-refractivity contribution in [3.8, 4) is 11.1 Å². The van der Waals surface area contributed by atoms with Crippen LogP contribution in [0.5, 0.6) is 0 Å². The number of aliphatic hydroxyl groups excluding tert-OH is 1. The molecule has 0 atom stereocenters. The van der Waals surface area contributed by atoms with Crippen LogP contribution in [0.1, 0.15) is 72.7 Å². The fourth-order valence-electron chi connectivity index (χ4n) is 5.98. The van der Waals surface area contributed by atoms with Gasteiger partial charge in [0.05, 0.1) is 11.8 Å². The molecule has 2 fully saturated rings. The number of β-amino-alcohol motifs (C(OH)–C–C–N with tert-alkyl or cyclic N) is 1. The Balaban J connectivity index is 0.000000458. The zero-order valence-electron chi connectivity index (χ0n) is 28.6. The monoisotopic (exact) mass is 620 g/mol. The van der Waals surface area contributed by atoms with Gasteiger partial charge in [-0.15, -0.1) is 0 Å². The number of hydrogen-bond donors (Lipinski definition) is 4. The van der Waals surface area contributed by atoms with Gasteiger partial charge in [-0.25, -0.2) is 0 Å². The molecular weight excluding hydrogens is 564 g/mol. The summed E-state index contributed by atoms with van der Waals surface area (Å²) < 4.78 is 0. The van der Waals surface area contributed by atoms with Crippen molar-refractivity contribution < 1.29 is 9.90 Å². The fraction of sp³-hybridized carbons (Fsp3) is 0.528. The highest BCUT2D eigenvalue weighted by Gasteiger charge is 2.24. The van der Waals surface area contributed by atoms with Crippen LogP contribution < -0.4 is 16.6 Å². The molecule has 248 valence electrons. The average Bonchev–Trinajstić information content (AvgIpc) is 3.03. The van der Waals surface area contributed by atoms with E-state index in [-0.39, 0.29) is 11.7 Å². The summed E-state index contributed by atoms with van der Waals surface area (Å²) in [5.41, 5.74) is 13.7. The molecule has 9 nitrogen and oxygen atoms in total. The number of aromatic amines is 1. The Morgan fingerprint density at radius 1 is 1.04 bits per heavy atom. The third-order valence-corrected chi connectivity index (χ3v) is 8.53. The summed E-state index contributed by atoms with van der Waals surface area (Å²) >= 11 is 0. The minimum absolute atomic E-state index is 0.0144. The molecule has 5 N–H and O–H groups in total. The van der Waals surface area contributed by atoms with Gasteiger partial charge in [-0.05, 0) is 102 Å². The lowest BCUT2D eigenvalue weighted by atomic mass is 9.93. The number of hydrogen-bond acceptors (Lipinski definition) is 8. The van der Waals surface area contributed by atoms with Crippen LogP contribution in [0.4, 0.5) is 5.69 Å². The summed E-state index contributed by atoms with van der Waals surface area (Å²) in [6.07, 6.45) is 9.51. The topological polar surface area (TPSA) is 128 Å². The molecule has 1 aliphatic carbocycles. The molecule has 3 heterocycles. The Kier molecular flexibility index (Phi) is 16.1. The van der Waals surface area contributed by atoms with E-state index >= 15 is 0 Å². The molecule has 0 unspecified atom stereocenters. The molecule has 45 heavy (non-hydrogen) atoms. The maximum absolute atomic E-state index is 12.6. The minimum Gasteiger partial charge on any atom is -0.390 e. The molecule has 1 saturated carbocycles. The number of rotatable bonds is 8. The number of anilines is 1. The van der Waals surface area contributed by atoms with E-state index in [1.807, 2.05) is 32.9 Å². The zero-order valence-corrected chi connectivity index (χ0v) is 28.6. The number of nitrogens with one attached hydrogen (secondary N) is 2. The molecule has 5 rings (SSSR count). The smallest absolute Gasteiger partial charge is 0.251 e. The molecule has 1 aliphatic heterocycles. The second-order valence-corrected chi connectivity index (χ2v) is 12.1. The lowest BCUT2D eigenvalue weighted by Crippen LogP contribution is -2.49. The van der Waals surface area contributed by atoms with E-state index in [1.54, 1.807) is 0 Å². The van der Waals surface area contributed by atoms with E-state index in [0.717, 1.165) is 69.6 Å². The van der Waals surface area contributed by atoms with Gasteiger partial charge in [0.1, 0.15) is 6.79 Å². The molecule has 9 heteroatoms. The van der Waals surface area contributed by atoms with Crippen molar-refractivity contribution in [1.29, 1.82) is 0 Å². The maximum Gasteiger partial charge on any atom is 0.251 e. The molecule has 2 aliphatic rings. The number of carbonyl (C=O) groups excluding carboxylic acids is 1. The van der Waals surface area contributed by atoms with E-state index in [1.165, 1.54) is 39.2 Å². The van der Waals surface area contributed by atoms with Gasteiger partial charge in [0, 0.05) is 67.3 Å². The summed E-state index contributed by atoms with van der Waals surface area (Å²) in [5.74, 6) is 0. The second-order valence-electron chi connectivity index (χ2n) is 12.1. The van der Waals surface area contributed by atoms with E-state index in [0.29, 0.717) is 19.5 Å². The van der Waals surface area contributed by atoms with Gasteiger partial charge in [0.15, 0.2) is 0 Å². The van der Waals surface area contributed by atoms with Crippen LogP contribution in [0.2, 0.25) is 0 Å². The number of benzene rings is 1. The lowest BCUT2D eigenvalue weighted by Gasteiger charge is -2.35. The molecule has 2 aromatic heterocycles. The van der Waals surface area contributed by atoms with Crippen LogP contribution in [0.15, 0.2) is 41.3 Å². The van der Waals surface area contributed by atoms with Gasteiger partial charge in [-0.2, -0.15) is 0 Å². The first-order chi connectivity index (χ1) is 21.6. The normalized spacial score (nSPS) is 15.1. The number of aromatic nitrogens is 2. The number of aliphatic hydroxyl groups is 1.